The van der Waals surface area contributed by atoms with Crippen LogP contribution in [0.25, 0.3) is 0 Å². The summed E-state index contributed by atoms with van der Waals surface area (Å²) in [6.45, 7) is 9.47. The van der Waals surface area contributed by atoms with E-state index in [4.69, 9.17) is 14.2 Å². The second-order valence-electron chi connectivity index (χ2n) is 7.17. The first-order chi connectivity index (χ1) is 9.18. The zero-order chi connectivity index (χ0) is 14.7. The third-order valence-corrected chi connectivity index (χ3v) is 3.87. The number of fused-ring (bicyclic) bond motifs is 5. The summed E-state index contributed by atoms with van der Waals surface area (Å²) < 4.78 is 17.5. The van der Waals surface area contributed by atoms with Crippen LogP contribution in [0.4, 0.5) is 4.79 Å². The lowest BCUT2D eigenvalue weighted by Gasteiger charge is -2.36. The molecular formula is C15H23NO4. The lowest BCUT2D eigenvalue weighted by molar-refractivity contribution is -0.165. The lowest BCUT2D eigenvalue weighted by atomic mass is 10.1. The molecule has 3 aliphatic rings. The van der Waals surface area contributed by atoms with Crippen molar-refractivity contribution in [1.29, 1.82) is 0 Å². The Hall–Kier alpha value is -1.07. The molecule has 0 N–H and O–H groups in total. The minimum absolute atomic E-state index is 0.00613. The van der Waals surface area contributed by atoms with Crippen LogP contribution in [0.5, 0.6) is 0 Å². The van der Waals surface area contributed by atoms with Crippen molar-refractivity contribution in [3.8, 4) is 0 Å². The van der Waals surface area contributed by atoms with Crippen molar-refractivity contribution in [3.63, 3.8) is 0 Å². The summed E-state index contributed by atoms with van der Waals surface area (Å²) in [5.74, 6) is -0.572. The van der Waals surface area contributed by atoms with Gasteiger partial charge in [-0.3, -0.25) is 4.90 Å². The van der Waals surface area contributed by atoms with Crippen molar-refractivity contribution in [3.05, 3.63) is 12.2 Å². The van der Waals surface area contributed by atoms with Crippen molar-refractivity contribution >= 4 is 6.09 Å². The number of nitrogens with zero attached hydrogens (tertiary/aromatic N) is 1. The average molecular weight is 281 g/mol. The van der Waals surface area contributed by atoms with E-state index in [0.29, 0.717) is 0 Å². The van der Waals surface area contributed by atoms with Crippen LogP contribution in [-0.2, 0) is 14.2 Å². The van der Waals surface area contributed by atoms with Gasteiger partial charge in [0.2, 0.25) is 0 Å². The number of carbonyl (C=O) groups excluding carboxylic acids is 1. The molecule has 3 aliphatic heterocycles. The van der Waals surface area contributed by atoms with Crippen LogP contribution in [0.15, 0.2) is 12.2 Å². The van der Waals surface area contributed by atoms with Gasteiger partial charge in [0.05, 0.1) is 12.1 Å². The van der Waals surface area contributed by atoms with E-state index in [2.05, 4.69) is 6.08 Å². The van der Waals surface area contributed by atoms with Gasteiger partial charge >= 0.3 is 6.09 Å². The molecule has 112 valence electrons. The maximum Gasteiger partial charge on any atom is 0.411 e. The molecule has 0 aromatic carbocycles. The first-order valence-corrected chi connectivity index (χ1v) is 7.22. The molecule has 0 unspecified atom stereocenters. The van der Waals surface area contributed by atoms with E-state index < -0.39 is 11.4 Å². The van der Waals surface area contributed by atoms with Gasteiger partial charge in [0.1, 0.15) is 17.8 Å². The predicted molar refractivity (Wildman–Crippen MR) is 73.2 cm³/mol. The smallest absolute Gasteiger partial charge is 0.411 e. The summed E-state index contributed by atoms with van der Waals surface area (Å²) in [6.07, 6.45) is 4.48. The first kappa shape index (κ1) is 13.9. The molecule has 2 fully saturated rings. The Kier molecular flexibility index (Phi) is 2.93. The molecule has 0 aromatic heterocycles. The molecule has 3 rings (SSSR count). The van der Waals surface area contributed by atoms with Gasteiger partial charge in [-0.25, -0.2) is 4.79 Å². The van der Waals surface area contributed by atoms with E-state index in [9.17, 15) is 4.79 Å². The summed E-state index contributed by atoms with van der Waals surface area (Å²) >= 11 is 0. The van der Waals surface area contributed by atoms with Gasteiger partial charge in [-0.15, -0.1) is 0 Å². The maximum absolute atomic E-state index is 12.4. The summed E-state index contributed by atoms with van der Waals surface area (Å²) in [7, 11) is 0. The molecule has 0 aliphatic carbocycles. The van der Waals surface area contributed by atoms with Gasteiger partial charge in [0.25, 0.3) is 0 Å². The van der Waals surface area contributed by atoms with Gasteiger partial charge in [0.15, 0.2) is 5.79 Å². The van der Waals surface area contributed by atoms with E-state index in [1.165, 1.54) is 0 Å². The summed E-state index contributed by atoms with van der Waals surface area (Å²) in [5, 5.41) is 0. The van der Waals surface area contributed by atoms with Gasteiger partial charge in [0, 0.05) is 0 Å². The SMILES string of the molecule is CC(C)(C)OC(=O)N1[C@@H]2CC=C[C@H]1[C@@H]1OC(C)(C)O[C@@H]12. The lowest BCUT2D eigenvalue weighted by Crippen LogP contribution is -2.49. The molecule has 4 atom stereocenters. The van der Waals surface area contributed by atoms with Gasteiger partial charge in [-0.05, 0) is 41.0 Å². The van der Waals surface area contributed by atoms with E-state index in [0.717, 1.165) is 6.42 Å². The zero-order valence-corrected chi connectivity index (χ0v) is 12.8. The Morgan fingerprint density at radius 1 is 1.30 bits per heavy atom. The molecule has 0 saturated carbocycles. The van der Waals surface area contributed by atoms with Crippen LogP contribution >= 0.6 is 0 Å². The third-order valence-electron chi connectivity index (χ3n) is 3.87. The fourth-order valence-electron chi connectivity index (χ4n) is 3.30. The Morgan fingerprint density at radius 2 is 1.95 bits per heavy atom. The fraction of sp³-hybridized carbons (Fsp3) is 0.800. The molecule has 5 nitrogen and oxygen atoms in total. The molecule has 2 saturated heterocycles. The minimum atomic E-state index is -0.572. The Labute approximate surface area is 119 Å². The van der Waals surface area contributed by atoms with Crippen LogP contribution in [0.2, 0.25) is 0 Å². The van der Waals surface area contributed by atoms with Crippen LogP contribution < -0.4 is 0 Å². The molecular weight excluding hydrogens is 258 g/mol. The second-order valence-corrected chi connectivity index (χ2v) is 7.17. The molecule has 0 radical (unpaired) electrons. The maximum atomic E-state index is 12.4. The topological polar surface area (TPSA) is 48.0 Å². The summed E-state index contributed by atoms with van der Waals surface area (Å²) in [4.78, 5) is 14.2. The van der Waals surface area contributed by atoms with Crippen molar-refractivity contribution in [2.45, 2.75) is 76.7 Å². The minimum Gasteiger partial charge on any atom is -0.444 e. The first-order valence-electron chi connectivity index (χ1n) is 7.22. The van der Waals surface area contributed by atoms with Crippen molar-refractivity contribution in [1.82, 2.24) is 4.90 Å². The number of hydrogen-bond acceptors (Lipinski definition) is 4. The van der Waals surface area contributed by atoms with Gasteiger partial charge in [-0.1, -0.05) is 12.2 Å². The third kappa shape index (κ3) is 2.23. The van der Waals surface area contributed by atoms with Crippen LogP contribution in [-0.4, -0.2) is 46.7 Å². The summed E-state index contributed by atoms with van der Waals surface area (Å²) in [5.41, 5.74) is -0.492. The largest absolute Gasteiger partial charge is 0.444 e. The normalized spacial score (nSPS) is 38.0. The Balaban J connectivity index is 1.83. The van der Waals surface area contributed by atoms with Crippen molar-refractivity contribution < 1.29 is 19.0 Å². The van der Waals surface area contributed by atoms with Crippen LogP contribution in [0.3, 0.4) is 0 Å². The second kappa shape index (κ2) is 4.21. The van der Waals surface area contributed by atoms with Gasteiger partial charge < -0.3 is 14.2 Å². The summed E-state index contributed by atoms with van der Waals surface area (Å²) in [6, 6.07) is -0.0815. The van der Waals surface area contributed by atoms with E-state index in [-0.39, 0.29) is 30.4 Å². The number of hydrogen-bond donors (Lipinski definition) is 0. The van der Waals surface area contributed by atoms with E-state index in [1.807, 2.05) is 40.7 Å². The van der Waals surface area contributed by atoms with E-state index >= 15 is 0 Å². The monoisotopic (exact) mass is 281 g/mol. The van der Waals surface area contributed by atoms with Crippen molar-refractivity contribution in [2.24, 2.45) is 0 Å². The molecule has 3 heterocycles. The molecule has 20 heavy (non-hydrogen) atoms. The molecule has 1 amide bonds. The predicted octanol–water partition coefficient (Wildman–Crippen LogP) is 2.45. The molecule has 0 aromatic rings. The van der Waals surface area contributed by atoms with Crippen molar-refractivity contribution in [2.75, 3.05) is 0 Å². The zero-order valence-electron chi connectivity index (χ0n) is 12.8. The molecule has 5 heteroatoms. The van der Waals surface area contributed by atoms with Crippen LogP contribution in [0.1, 0.15) is 41.0 Å². The quantitative estimate of drug-likeness (QED) is 0.640. The highest BCUT2D eigenvalue weighted by molar-refractivity contribution is 5.71. The fourth-order valence-corrected chi connectivity index (χ4v) is 3.30. The number of ether oxygens (including phenoxy) is 3. The van der Waals surface area contributed by atoms with Gasteiger partial charge in [-0.2, -0.15) is 0 Å². The highest BCUT2D eigenvalue weighted by Gasteiger charge is 2.59. The number of carbonyl (C=O) groups is 1. The average Bonchev–Trinajstić information content (AvgIpc) is 2.68. The molecule has 0 spiro atoms. The standard InChI is InChI=1S/C15H23NO4/c1-14(2,3)20-13(17)16-9-7-6-8-10(16)12-11(9)18-15(4,5)19-12/h6-7,9-12H,8H2,1-5H3/t9-,10+,11-,12+/m0/s1. The highest BCUT2D eigenvalue weighted by atomic mass is 16.8. The molecule has 2 bridgehead atoms. The van der Waals surface area contributed by atoms with E-state index in [1.54, 1.807) is 4.90 Å². The number of amides is 1. The highest BCUT2D eigenvalue weighted by Crippen LogP contribution is 2.44. The Bertz CT molecular complexity index is 451. The number of rotatable bonds is 0. The van der Waals surface area contributed by atoms with Crippen LogP contribution in [0, 0.1) is 0 Å². The Morgan fingerprint density at radius 3 is 2.60 bits per heavy atom.